The summed E-state index contributed by atoms with van der Waals surface area (Å²) in [4.78, 5) is 0.0955. The molecule has 0 saturated carbocycles. The molecule has 0 unspecified atom stereocenters. The Morgan fingerprint density at radius 2 is 0.711 bits per heavy atom. The average molecular weight is 693 g/mol. The van der Waals surface area contributed by atoms with Crippen molar-refractivity contribution in [3.8, 4) is 0 Å². The number of hydrogen-bond donors (Lipinski definition) is 0. The fraction of sp³-hybridized carbons (Fsp3) is 1.00. The summed E-state index contributed by atoms with van der Waals surface area (Å²) in [5.74, 6) is 4.02. The molecule has 0 spiro atoms. The molecule has 0 aromatic carbocycles. The Hall–Kier alpha value is 0.890. The maximum Gasteiger partial charge on any atom is 0.108 e. The predicted molar refractivity (Wildman–Crippen MR) is 206 cm³/mol. The molecular weight excluding hydrogens is 617 g/mol. The van der Waals surface area contributed by atoms with Crippen molar-refractivity contribution >= 4 is 35.3 Å². The Labute approximate surface area is 294 Å². The normalized spacial score (nSPS) is 28.0. The van der Waals surface area contributed by atoms with Crippen molar-refractivity contribution in [1.82, 2.24) is 0 Å². The molecule has 0 aromatic rings. The molecule has 6 aliphatic rings. The zero-order chi connectivity index (χ0) is 34.1. The first-order valence-electron chi connectivity index (χ1n) is 18.2. The van der Waals surface area contributed by atoms with Crippen LogP contribution in [0.1, 0.15) is 167 Å². The van der Waals surface area contributed by atoms with Gasteiger partial charge in [-0.2, -0.15) is 23.5 Å². The second-order valence-electron chi connectivity index (χ2n) is 16.7. The van der Waals surface area contributed by atoms with Gasteiger partial charge in [0.05, 0.1) is 16.8 Å². The van der Waals surface area contributed by atoms with E-state index in [0.29, 0.717) is 9.49 Å². The van der Waals surface area contributed by atoms with Crippen molar-refractivity contribution in [1.29, 1.82) is 0 Å². The first-order chi connectivity index (χ1) is 20.7. The van der Waals surface area contributed by atoms with Crippen LogP contribution in [-0.4, -0.2) is 74.9 Å². The summed E-state index contributed by atoms with van der Waals surface area (Å²) >= 11 is 6.12. The van der Waals surface area contributed by atoms with Gasteiger partial charge in [-0.1, -0.05) is 34.1 Å². The molecule has 0 radical (unpaired) electrons. The largest absolute Gasteiger partial charge is 0.376 e. The van der Waals surface area contributed by atoms with Gasteiger partial charge in [0.15, 0.2) is 0 Å². The quantitative estimate of drug-likeness (QED) is 0.250. The smallest absolute Gasteiger partial charge is 0.108 e. The summed E-state index contributed by atoms with van der Waals surface area (Å²) in [5.41, 5.74) is 0.568. The zero-order valence-electron chi connectivity index (χ0n) is 32.0. The molecule has 6 fully saturated rings. The highest BCUT2D eigenvalue weighted by atomic mass is 32.2. The minimum absolute atomic E-state index is 0.0955. The summed E-state index contributed by atoms with van der Waals surface area (Å²) in [6, 6.07) is 0. The summed E-state index contributed by atoms with van der Waals surface area (Å²) in [6.07, 6.45) is 17.1. The molecule has 6 heterocycles. The van der Waals surface area contributed by atoms with Gasteiger partial charge in [-0.15, -0.1) is 11.8 Å². The lowest BCUT2D eigenvalue weighted by Gasteiger charge is -2.29. The average Bonchev–Trinajstić information content (AvgIpc) is 3.65. The minimum atomic E-state index is 0.0955. The molecule has 7 heteroatoms. The van der Waals surface area contributed by atoms with E-state index in [0.717, 1.165) is 26.4 Å². The van der Waals surface area contributed by atoms with E-state index in [1.165, 1.54) is 101 Å². The number of rotatable bonds is 0. The van der Waals surface area contributed by atoms with E-state index < -0.39 is 0 Å². The van der Waals surface area contributed by atoms with E-state index in [-0.39, 0.29) is 21.7 Å². The van der Waals surface area contributed by atoms with Crippen LogP contribution in [0.3, 0.4) is 0 Å². The van der Waals surface area contributed by atoms with Gasteiger partial charge in [-0.05, 0) is 150 Å². The van der Waals surface area contributed by atoms with Crippen LogP contribution in [0.15, 0.2) is 0 Å². The number of thioether (sulfide) groups is 3. The molecule has 0 bridgehead atoms. The second kappa shape index (κ2) is 21.2. The third-order valence-electron chi connectivity index (χ3n) is 8.77. The molecule has 0 atom stereocenters. The molecule has 6 aliphatic heterocycles. The van der Waals surface area contributed by atoms with Gasteiger partial charge in [-0.25, -0.2) is 0 Å². The first kappa shape index (κ1) is 43.9. The summed E-state index contributed by atoms with van der Waals surface area (Å²) in [5, 5.41) is 0. The fourth-order valence-electron chi connectivity index (χ4n) is 5.64. The monoisotopic (exact) mass is 692 g/mol. The topological polar surface area (TPSA) is 36.9 Å². The lowest BCUT2D eigenvalue weighted by Crippen LogP contribution is -2.28. The van der Waals surface area contributed by atoms with Crippen LogP contribution in [0.5, 0.6) is 0 Å². The summed E-state index contributed by atoms with van der Waals surface area (Å²) in [6.45, 7) is 30.3. The maximum absolute atomic E-state index is 5.47. The highest BCUT2D eigenvalue weighted by molar-refractivity contribution is 8.01. The van der Waals surface area contributed by atoms with Gasteiger partial charge in [0.1, 0.15) is 4.93 Å². The molecule has 0 N–H and O–H groups in total. The van der Waals surface area contributed by atoms with Crippen LogP contribution >= 0.6 is 35.3 Å². The van der Waals surface area contributed by atoms with Crippen LogP contribution in [0, 0.1) is 0 Å². The molecule has 0 amide bonds. The Morgan fingerprint density at radius 1 is 0.333 bits per heavy atom. The van der Waals surface area contributed by atoms with Crippen LogP contribution in [0.2, 0.25) is 0 Å². The van der Waals surface area contributed by atoms with Gasteiger partial charge in [0, 0.05) is 35.9 Å². The van der Waals surface area contributed by atoms with Crippen LogP contribution in [-0.2, 0) is 18.9 Å². The second-order valence-corrected chi connectivity index (χ2v) is 22.0. The van der Waals surface area contributed by atoms with Crippen molar-refractivity contribution in [3.05, 3.63) is 0 Å². The van der Waals surface area contributed by atoms with Gasteiger partial charge in [0.2, 0.25) is 0 Å². The summed E-state index contributed by atoms with van der Waals surface area (Å²) < 4.78 is 22.8. The van der Waals surface area contributed by atoms with Crippen LogP contribution < -0.4 is 0 Å². The van der Waals surface area contributed by atoms with Crippen molar-refractivity contribution in [2.45, 2.75) is 198 Å². The molecule has 4 nitrogen and oxygen atoms in total. The highest BCUT2D eigenvalue weighted by Gasteiger charge is 2.25. The molecule has 270 valence electrons. The van der Waals surface area contributed by atoms with E-state index in [9.17, 15) is 0 Å². The third kappa shape index (κ3) is 24.6. The van der Waals surface area contributed by atoms with Gasteiger partial charge in [-0.3, -0.25) is 0 Å². The fourth-order valence-corrected chi connectivity index (χ4v) is 8.88. The van der Waals surface area contributed by atoms with Crippen LogP contribution in [0.25, 0.3) is 0 Å². The minimum Gasteiger partial charge on any atom is -0.376 e. The SMILES string of the molecule is CC1(C)CCCCO1.CC1(C)CCCCS1.CC1(C)CCCO1.CC1(C)CCCO1.CC1(C)CCCS1.CC1(C)OCCCS1. The molecule has 0 aromatic heterocycles. The van der Waals surface area contributed by atoms with Crippen molar-refractivity contribution in [2.24, 2.45) is 0 Å². The van der Waals surface area contributed by atoms with Gasteiger partial charge >= 0.3 is 0 Å². The Kier molecular flexibility index (Phi) is 20.7. The highest BCUT2D eigenvalue weighted by Crippen LogP contribution is 2.37. The maximum atomic E-state index is 5.47. The third-order valence-corrected chi connectivity index (χ3v) is 13.0. The van der Waals surface area contributed by atoms with E-state index in [1.807, 2.05) is 11.8 Å². The van der Waals surface area contributed by atoms with E-state index in [2.05, 4.69) is 107 Å². The number of hydrogen-bond acceptors (Lipinski definition) is 7. The van der Waals surface area contributed by atoms with E-state index in [4.69, 9.17) is 18.9 Å². The van der Waals surface area contributed by atoms with Gasteiger partial charge in [0.25, 0.3) is 0 Å². The molecule has 45 heavy (non-hydrogen) atoms. The van der Waals surface area contributed by atoms with E-state index in [1.54, 1.807) is 0 Å². The standard InChI is InChI=1S/C7H14O.C7H14S.C6H12OS.2C6H12O.C6H12S/c2*1-7(2)5-3-4-6-8-7;1-6(2)7-4-3-5-8-6;3*1-6(2)4-3-5-7-6/h2*3-6H2,1-2H3;3-5H2,1-2H3;3*3-5H2,1-2H3. The molecular formula is C38H76O4S3. The Morgan fingerprint density at radius 3 is 0.889 bits per heavy atom. The molecule has 6 rings (SSSR count). The van der Waals surface area contributed by atoms with Crippen molar-refractivity contribution < 1.29 is 18.9 Å². The lowest BCUT2D eigenvalue weighted by molar-refractivity contribution is -0.0511. The summed E-state index contributed by atoms with van der Waals surface area (Å²) in [7, 11) is 0. The Bertz CT molecular complexity index is 616. The van der Waals surface area contributed by atoms with E-state index >= 15 is 0 Å². The first-order valence-corrected chi connectivity index (χ1v) is 21.2. The lowest BCUT2D eigenvalue weighted by atomic mass is 9.99. The number of ether oxygens (including phenoxy) is 4. The van der Waals surface area contributed by atoms with Crippen LogP contribution in [0.4, 0.5) is 0 Å². The predicted octanol–water partition coefficient (Wildman–Crippen LogP) is 12.0. The molecule has 6 saturated heterocycles. The zero-order valence-corrected chi connectivity index (χ0v) is 34.4. The molecule has 0 aliphatic carbocycles. The van der Waals surface area contributed by atoms with Gasteiger partial charge < -0.3 is 18.9 Å². The van der Waals surface area contributed by atoms with Crippen molar-refractivity contribution in [2.75, 3.05) is 43.7 Å². The van der Waals surface area contributed by atoms with Crippen molar-refractivity contribution in [3.63, 3.8) is 0 Å². The Balaban J connectivity index is 0.000000270.